The number of aromatic nitrogens is 2. The second-order valence-electron chi connectivity index (χ2n) is 7.58. The van der Waals surface area contributed by atoms with Crippen LogP contribution in [-0.4, -0.2) is 40.4 Å². The monoisotopic (exact) mass is 362 g/mol. The Bertz CT molecular complexity index is 962. The van der Waals surface area contributed by atoms with Gasteiger partial charge in [-0.05, 0) is 62.1 Å². The van der Waals surface area contributed by atoms with Crippen molar-refractivity contribution >= 4 is 16.9 Å². The average Bonchev–Trinajstić information content (AvgIpc) is 3.26. The second kappa shape index (κ2) is 7.53. The standard InChI is InChI=1S/C22H26N4O/c1-15-5-3-4-6-19(15)14-26-10-9-17(13-26)12-23-22(27)18-7-8-20-21(11-18)25-16(2)24-20/h3-8,11,17H,9-10,12-14H2,1-2H3,(H,23,27)(H,24,25). The van der Waals surface area contributed by atoms with Crippen molar-refractivity contribution in [3.8, 4) is 0 Å². The molecular formula is C22H26N4O. The Labute approximate surface area is 159 Å². The molecule has 4 rings (SSSR count). The van der Waals surface area contributed by atoms with Gasteiger partial charge in [-0.2, -0.15) is 0 Å². The van der Waals surface area contributed by atoms with Crippen molar-refractivity contribution in [3.63, 3.8) is 0 Å². The van der Waals surface area contributed by atoms with Crippen molar-refractivity contribution in [1.82, 2.24) is 20.2 Å². The van der Waals surface area contributed by atoms with Crippen LogP contribution in [0.5, 0.6) is 0 Å². The fourth-order valence-corrected chi connectivity index (χ4v) is 3.87. The SMILES string of the molecule is Cc1nc2ccc(C(=O)NCC3CCN(Cc4ccccc4C)C3)cc2[nH]1. The van der Waals surface area contributed by atoms with Crippen molar-refractivity contribution in [2.24, 2.45) is 5.92 Å². The van der Waals surface area contributed by atoms with Crippen LogP contribution in [0.2, 0.25) is 0 Å². The molecule has 2 N–H and O–H groups in total. The minimum absolute atomic E-state index is 0.0125. The summed E-state index contributed by atoms with van der Waals surface area (Å²) in [5.74, 6) is 1.36. The van der Waals surface area contributed by atoms with Crippen LogP contribution in [0.1, 0.15) is 33.7 Å². The average molecular weight is 362 g/mol. The molecule has 0 spiro atoms. The maximum atomic E-state index is 12.5. The minimum atomic E-state index is -0.0125. The lowest BCUT2D eigenvalue weighted by Gasteiger charge is -2.17. The lowest BCUT2D eigenvalue weighted by molar-refractivity contribution is 0.0947. The molecule has 1 unspecified atom stereocenters. The Kier molecular flexibility index (Phi) is 4.94. The summed E-state index contributed by atoms with van der Waals surface area (Å²) in [7, 11) is 0. The topological polar surface area (TPSA) is 61.0 Å². The zero-order valence-electron chi connectivity index (χ0n) is 16.0. The third-order valence-corrected chi connectivity index (χ3v) is 5.44. The number of nitrogens with zero attached hydrogens (tertiary/aromatic N) is 2. The van der Waals surface area contributed by atoms with Crippen molar-refractivity contribution < 1.29 is 4.79 Å². The van der Waals surface area contributed by atoms with E-state index in [9.17, 15) is 4.79 Å². The summed E-state index contributed by atoms with van der Waals surface area (Å²) in [5.41, 5.74) is 5.22. The van der Waals surface area contributed by atoms with Gasteiger partial charge in [0.25, 0.3) is 5.91 Å². The summed E-state index contributed by atoms with van der Waals surface area (Å²) in [6.07, 6.45) is 1.13. The highest BCUT2D eigenvalue weighted by Gasteiger charge is 2.23. The number of imidazole rings is 1. The van der Waals surface area contributed by atoms with E-state index >= 15 is 0 Å². The number of benzene rings is 2. The molecule has 2 heterocycles. The predicted molar refractivity (Wildman–Crippen MR) is 108 cm³/mol. The van der Waals surface area contributed by atoms with Crippen LogP contribution in [0.15, 0.2) is 42.5 Å². The van der Waals surface area contributed by atoms with Gasteiger partial charge in [0, 0.05) is 25.2 Å². The molecule has 1 aliphatic heterocycles. The van der Waals surface area contributed by atoms with Crippen molar-refractivity contribution in [3.05, 3.63) is 65.0 Å². The van der Waals surface area contributed by atoms with Crippen LogP contribution in [0.3, 0.4) is 0 Å². The molecular weight excluding hydrogens is 336 g/mol. The molecule has 140 valence electrons. The van der Waals surface area contributed by atoms with E-state index in [0.717, 1.165) is 49.5 Å². The van der Waals surface area contributed by atoms with E-state index < -0.39 is 0 Å². The fraction of sp³-hybridized carbons (Fsp3) is 0.364. The van der Waals surface area contributed by atoms with E-state index in [1.807, 2.05) is 25.1 Å². The molecule has 5 heteroatoms. The maximum absolute atomic E-state index is 12.5. The van der Waals surface area contributed by atoms with Gasteiger partial charge in [-0.15, -0.1) is 0 Å². The number of amides is 1. The van der Waals surface area contributed by atoms with Crippen LogP contribution >= 0.6 is 0 Å². The molecule has 0 radical (unpaired) electrons. The van der Waals surface area contributed by atoms with Crippen molar-refractivity contribution in [2.75, 3.05) is 19.6 Å². The number of hydrogen-bond acceptors (Lipinski definition) is 3. The van der Waals surface area contributed by atoms with Crippen LogP contribution < -0.4 is 5.32 Å². The Morgan fingerprint density at radius 3 is 2.96 bits per heavy atom. The Morgan fingerprint density at radius 1 is 1.26 bits per heavy atom. The molecule has 0 aliphatic carbocycles. The smallest absolute Gasteiger partial charge is 0.251 e. The third kappa shape index (κ3) is 4.03. The molecule has 1 amide bonds. The Hall–Kier alpha value is -2.66. The zero-order chi connectivity index (χ0) is 18.8. The first-order chi connectivity index (χ1) is 13.1. The van der Waals surface area contributed by atoms with E-state index in [1.165, 1.54) is 11.1 Å². The quantitative estimate of drug-likeness (QED) is 0.731. The first kappa shape index (κ1) is 17.7. The normalized spacial score (nSPS) is 17.5. The summed E-state index contributed by atoms with van der Waals surface area (Å²) in [6.45, 7) is 7.93. The Morgan fingerprint density at radius 2 is 2.11 bits per heavy atom. The molecule has 2 aromatic carbocycles. The van der Waals surface area contributed by atoms with Crippen molar-refractivity contribution in [1.29, 1.82) is 0 Å². The number of H-pyrrole nitrogens is 1. The van der Waals surface area contributed by atoms with Gasteiger partial charge in [-0.1, -0.05) is 24.3 Å². The number of hydrogen-bond donors (Lipinski definition) is 2. The van der Waals surface area contributed by atoms with Gasteiger partial charge in [0.05, 0.1) is 11.0 Å². The molecule has 0 bridgehead atoms. The largest absolute Gasteiger partial charge is 0.352 e. The third-order valence-electron chi connectivity index (χ3n) is 5.44. The van der Waals surface area contributed by atoms with Gasteiger partial charge in [0.2, 0.25) is 0 Å². The van der Waals surface area contributed by atoms with Gasteiger partial charge in [0.15, 0.2) is 0 Å². The first-order valence-corrected chi connectivity index (χ1v) is 9.60. The number of rotatable bonds is 5. The van der Waals surface area contributed by atoms with E-state index in [1.54, 1.807) is 0 Å². The van der Waals surface area contributed by atoms with Crippen molar-refractivity contribution in [2.45, 2.75) is 26.8 Å². The number of aryl methyl sites for hydroxylation is 2. The summed E-state index contributed by atoms with van der Waals surface area (Å²) < 4.78 is 0. The van der Waals surface area contributed by atoms with Crippen LogP contribution in [0.25, 0.3) is 11.0 Å². The maximum Gasteiger partial charge on any atom is 0.251 e. The van der Waals surface area contributed by atoms with Gasteiger partial charge in [0.1, 0.15) is 5.82 Å². The molecule has 1 fully saturated rings. The number of carbonyl (C=O) groups is 1. The van der Waals surface area contributed by atoms with Gasteiger partial charge >= 0.3 is 0 Å². The fourth-order valence-electron chi connectivity index (χ4n) is 3.87. The highest BCUT2D eigenvalue weighted by Crippen LogP contribution is 2.20. The zero-order valence-corrected chi connectivity index (χ0v) is 16.0. The second-order valence-corrected chi connectivity index (χ2v) is 7.58. The molecule has 1 aromatic heterocycles. The van der Waals surface area contributed by atoms with E-state index in [-0.39, 0.29) is 5.91 Å². The number of carbonyl (C=O) groups excluding carboxylic acids is 1. The summed E-state index contributed by atoms with van der Waals surface area (Å²) in [5, 5.41) is 3.11. The Balaban J connectivity index is 1.31. The van der Waals surface area contributed by atoms with E-state index in [0.29, 0.717) is 11.5 Å². The summed E-state index contributed by atoms with van der Waals surface area (Å²) >= 11 is 0. The molecule has 0 saturated carbocycles. The number of aromatic amines is 1. The molecule has 27 heavy (non-hydrogen) atoms. The van der Waals surface area contributed by atoms with Crippen LogP contribution in [-0.2, 0) is 6.54 Å². The van der Waals surface area contributed by atoms with Gasteiger partial charge in [-0.3, -0.25) is 9.69 Å². The van der Waals surface area contributed by atoms with Gasteiger partial charge in [-0.25, -0.2) is 4.98 Å². The first-order valence-electron chi connectivity index (χ1n) is 9.60. The highest BCUT2D eigenvalue weighted by molar-refractivity contribution is 5.97. The number of likely N-dealkylation sites (tertiary alicyclic amines) is 1. The molecule has 1 atom stereocenters. The van der Waals surface area contributed by atoms with Crippen LogP contribution in [0, 0.1) is 19.8 Å². The lowest BCUT2D eigenvalue weighted by Crippen LogP contribution is -2.31. The van der Waals surface area contributed by atoms with E-state index in [4.69, 9.17) is 0 Å². The lowest BCUT2D eigenvalue weighted by atomic mass is 10.1. The van der Waals surface area contributed by atoms with E-state index in [2.05, 4.69) is 51.4 Å². The molecule has 3 aromatic rings. The summed E-state index contributed by atoms with van der Waals surface area (Å²) in [6, 6.07) is 14.2. The van der Waals surface area contributed by atoms with Gasteiger partial charge < -0.3 is 10.3 Å². The number of nitrogens with one attached hydrogen (secondary N) is 2. The highest BCUT2D eigenvalue weighted by atomic mass is 16.1. The summed E-state index contributed by atoms with van der Waals surface area (Å²) in [4.78, 5) is 22.6. The van der Waals surface area contributed by atoms with Crippen LogP contribution in [0.4, 0.5) is 0 Å². The molecule has 1 saturated heterocycles. The predicted octanol–water partition coefficient (Wildman–Crippen LogP) is 3.43. The molecule has 1 aliphatic rings. The minimum Gasteiger partial charge on any atom is -0.352 e. The number of fused-ring (bicyclic) bond motifs is 1. The molecule has 5 nitrogen and oxygen atoms in total.